The molecule has 0 atom stereocenters. The molecule has 0 spiro atoms. The molecular weight excluding hydrogens is 208 g/mol. The fraction of sp³-hybridized carbons (Fsp3) is 0.538. The standard InChI is InChI=1S/C13H19ClO/c1-2-3-4-9-15-10-8-12-6-5-7-13(14)11-12/h5-7,11H,2-4,8-10H2,1H3. The number of rotatable bonds is 7. The molecule has 0 aliphatic carbocycles. The highest BCUT2D eigenvalue weighted by molar-refractivity contribution is 6.30. The molecule has 0 radical (unpaired) electrons. The van der Waals surface area contributed by atoms with Crippen LogP contribution in [0.5, 0.6) is 0 Å². The predicted molar refractivity (Wildman–Crippen MR) is 65.5 cm³/mol. The van der Waals surface area contributed by atoms with E-state index in [4.69, 9.17) is 16.3 Å². The Morgan fingerprint density at radius 3 is 2.80 bits per heavy atom. The van der Waals surface area contributed by atoms with Gasteiger partial charge in [-0.25, -0.2) is 0 Å². The van der Waals surface area contributed by atoms with Gasteiger partial charge in [-0.05, 0) is 30.5 Å². The molecule has 15 heavy (non-hydrogen) atoms. The Labute approximate surface area is 97.4 Å². The van der Waals surface area contributed by atoms with E-state index in [-0.39, 0.29) is 0 Å². The topological polar surface area (TPSA) is 9.23 Å². The van der Waals surface area contributed by atoms with Crippen LogP contribution in [0.25, 0.3) is 0 Å². The monoisotopic (exact) mass is 226 g/mol. The molecule has 1 nitrogen and oxygen atoms in total. The van der Waals surface area contributed by atoms with E-state index in [9.17, 15) is 0 Å². The quantitative estimate of drug-likeness (QED) is 0.637. The van der Waals surface area contributed by atoms with Crippen LogP contribution in [-0.4, -0.2) is 13.2 Å². The van der Waals surface area contributed by atoms with Crippen LogP contribution < -0.4 is 0 Å². The van der Waals surface area contributed by atoms with Crippen molar-refractivity contribution in [3.8, 4) is 0 Å². The minimum Gasteiger partial charge on any atom is -0.381 e. The second-order valence-corrected chi connectivity index (χ2v) is 4.14. The molecule has 1 rings (SSSR count). The first-order valence-electron chi connectivity index (χ1n) is 5.65. The summed E-state index contributed by atoms with van der Waals surface area (Å²) in [4.78, 5) is 0. The van der Waals surface area contributed by atoms with Crippen molar-refractivity contribution in [2.75, 3.05) is 13.2 Å². The van der Waals surface area contributed by atoms with E-state index in [0.717, 1.165) is 24.7 Å². The van der Waals surface area contributed by atoms with Crippen molar-refractivity contribution < 1.29 is 4.74 Å². The third kappa shape index (κ3) is 5.81. The maximum atomic E-state index is 5.89. The van der Waals surface area contributed by atoms with Crippen molar-refractivity contribution >= 4 is 11.6 Å². The highest BCUT2D eigenvalue weighted by atomic mass is 35.5. The smallest absolute Gasteiger partial charge is 0.0506 e. The van der Waals surface area contributed by atoms with Gasteiger partial charge in [-0.15, -0.1) is 0 Å². The van der Waals surface area contributed by atoms with Gasteiger partial charge in [0.05, 0.1) is 6.61 Å². The summed E-state index contributed by atoms with van der Waals surface area (Å²) in [6.45, 7) is 3.88. The fourth-order valence-corrected chi connectivity index (χ4v) is 1.65. The van der Waals surface area contributed by atoms with Crippen LogP contribution >= 0.6 is 11.6 Å². The lowest BCUT2D eigenvalue weighted by Crippen LogP contribution is -2.00. The number of ether oxygens (including phenoxy) is 1. The summed E-state index contributed by atoms with van der Waals surface area (Å²) >= 11 is 5.89. The van der Waals surface area contributed by atoms with Crippen molar-refractivity contribution in [1.82, 2.24) is 0 Å². The first kappa shape index (κ1) is 12.5. The summed E-state index contributed by atoms with van der Waals surface area (Å²) in [5.74, 6) is 0. The lowest BCUT2D eigenvalue weighted by molar-refractivity contribution is 0.133. The molecule has 1 aromatic rings. The Morgan fingerprint density at radius 2 is 2.07 bits per heavy atom. The number of unbranched alkanes of at least 4 members (excludes halogenated alkanes) is 2. The minimum atomic E-state index is 0.796. The molecule has 0 amide bonds. The summed E-state index contributed by atoms with van der Waals surface area (Å²) < 4.78 is 5.54. The molecule has 84 valence electrons. The molecule has 0 fully saturated rings. The Hall–Kier alpha value is -0.530. The van der Waals surface area contributed by atoms with Gasteiger partial charge in [0, 0.05) is 11.6 Å². The van der Waals surface area contributed by atoms with Gasteiger partial charge in [0.25, 0.3) is 0 Å². The van der Waals surface area contributed by atoms with Crippen LogP contribution in [0.4, 0.5) is 0 Å². The van der Waals surface area contributed by atoms with Crippen LogP contribution in [0.3, 0.4) is 0 Å². The van der Waals surface area contributed by atoms with Crippen molar-refractivity contribution in [1.29, 1.82) is 0 Å². The van der Waals surface area contributed by atoms with Crippen molar-refractivity contribution in [2.45, 2.75) is 32.6 Å². The Bertz CT molecular complexity index is 273. The second-order valence-electron chi connectivity index (χ2n) is 3.70. The zero-order chi connectivity index (χ0) is 10.9. The molecule has 0 bridgehead atoms. The van der Waals surface area contributed by atoms with Crippen LogP contribution in [-0.2, 0) is 11.2 Å². The highest BCUT2D eigenvalue weighted by Crippen LogP contribution is 2.11. The molecule has 0 unspecified atom stereocenters. The zero-order valence-corrected chi connectivity index (χ0v) is 10.1. The van der Waals surface area contributed by atoms with Gasteiger partial charge < -0.3 is 4.74 Å². The molecule has 0 aliphatic rings. The average molecular weight is 227 g/mol. The van der Waals surface area contributed by atoms with Gasteiger partial charge in [-0.3, -0.25) is 0 Å². The summed E-state index contributed by atoms with van der Waals surface area (Å²) in [5.41, 5.74) is 1.25. The number of hydrogen-bond donors (Lipinski definition) is 0. The largest absolute Gasteiger partial charge is 0.381 e. The van der Waals surface area contributed by atoms with Crippen LogP contribution in [0.2, 0.25) is 5.02 Å². The summed E-state index contributed by atoms with van der Waals surface area (Å²) in [6.07, 6.45) is 4.63. The first-order chi connectivity index (χ1) is 7.33. The van der Waals surface area contributed by atoms with Crippen molar-refractivity contribution in [2.24, 2.45) is 0 Å². The fourth-order valence-electron chi connectivity index (χ4n) is 1.44. The average Bonchev–Trinajstić information content (AvgIpc) is 2.23. The summed E-state index contributed by atoms with van der Waals surface area (Å²) in [6, 6.07) is 7.96. The van der Waals surface area contributed by atoms with E-state index < -0.39 is 0 Å². The third-order valence-electron chi connectivity index (χ3n) is 2.32. The maximum Gasteiger partial charge on any atom is 0.0506 e. The van der Waals surface area contributed by atoms with E-state index in [0.29, 0.717) is 0 Å². The van der Waals surface area contributed by atoms with Crippen LogP contribution in [0.1, 0.15) is 31.7 Å². The molecule has 1 aromatic carbocycles. The normalized spacial score (nSPS) is 10.5. The molecule has 0 heterocycles. The molecule has 2 heteroatoms. The van der Waals surface area contributed by atoms with Crippen LogP contribution in [0.15, 0.2) is 24.3 Å². The van der Waals surface area contributed by atoms with Gasteiger partial charge in [-0.2, -0.15) is 0 Å². The van der Waals surface area contributed by atoms with E-state index in [2.05, 4.69) is 13.0 Å². The van der Waals surface area contributed by atoms with Crippen LogP contribution in [0, 0.1) is 0 Å². The van der Waals surface area contributed by atoms with Gasteiger partial charge in [0.1, 0.15) is 0 Å². The minimum absolute atomic E-state index is 0.796. The maximum absolute atomic E-state index is 5.89. The van der Waals surface area contributed by atoms with E-state index >= 15 is 0 Å². The Kier molecular flexibility index (Phi) is 6.45. The second kappa shape index (κ2) is 7.72. The third-order valence-corrected chi connectivity index (χ3v) is 2.55. The van der Waals surface area contributed by atoms with Gasteiger partial charge in [-0.1, -0.05) is 43.5 Å². The molecule has 0 aliphatic heterocycles. The molecular formula is C13H19ClO. The number of halogens is 1. The Morgan fingerprint density at radius 1 is 1.20 bits per heavy atom. The molecule has 0 N–H and O–H groups in total. The van der Waals surface area contributed by atoms with E-state index in [1.165, 1.54) is 24.8 Å². The predicted octanol–water partition coefficient (Wildman–Crippen LogP) is 4.09. The lowest BCUT2D eigenvalue weighted by Gasteiger charge is -2.04. The van der Waals surface area contributed by atoms with E-state index in [1.54, 1.807) is 0 Å². The number of benzene rings is 1. The van der Waals surface area contributed by atoms with Gasteiger partial charge in [0.15, 0.2) is 0 Å². The van der Waals surface area contributed by atoms with E-state index in [1.807, 2.05) is 18.2 Å². The first-order valence-corrected chi connectivity index (χ1v) is 6.03. The molecule has 0 saturated heterocycles. The molecule has 0 saturated carbocycles. The molecule has 0 aromatic heterocycles. The van der Waals surface area contributed by atoms with Gasteiger partial charge in [0.2, 0.25) is 0 Å². The summed E-state index contributed by atoms with van der Waals surface area (Å²) in [5, 5.41) is 0.804. The van der Waals surface area contributed by atoms with Crippen molar-refractivity contribution in [3.05, 3.63) is 34.9 Å². The lowest BCUT2D eigenvalue weighted by atomic mass is 10.2. The number of hydrogen-bond acceptors (Lipinski definition) is 1. The van der Waals surface area contributed by atoms with Crippen molar-refractivity contribution in [3.63, 3.8) is 0 Å². The van der Waals surface area contributed by atoms with Gasteiger partial charge >= 0.3 is 0 Å². The zero-order valence-electron chi connectivity index (χ0n) is 9.34. The Balaban J connectivity index is 2.10. The highest BCUT2D eigenvalue weighted by Gasteiger charge is 1.94. The SMILES string of the molecule is CCCCCOCCc1cccc(Cl)c1. The summed E-state index contributed by atoms with van der Waals surface area (Å²) in [7, 11) is 0.